The zero-order chi connectivity index (χ0) is 15.2. The molecule has 0 spiro atoms. The highest BCUT2D eigenvalue weighted by Crippen LogP contribution is 2.25. The van der Waals surface area contributed by atoms with Crippen molar-refractivity contribution < 1.29 is 4.92 Å². The molecule has 1 saturated heterocycles. The number of unbranched alkanes of at least 4 members (excludes halogenated alkanes) is 1. The summed E-state index contributed by atoms with van der Waals surface area (Å²) >= 11 is 0. The summed E-state index contributed by atoms with van der Waals surface area (Å²) in [4.78, 5) is 13.1. The number of nitro benzene ring substituents is 1. The van der Waals surface area contributed by atoms with Gasteiger partial charge in [-0.15, -0.1) is 0 Å². The lowest BCUT2D eigenvalue weighted by atomic mass is 10.1. The zero-order valence-electron chi connectivity index (χ0n) is 13.0. The van der Waals surface area contributed by atoms with Gasteiger partial charge in [-0.05, 0) is 44.4 Å². The Labute approximate surface area is 126 Å². The fraction of sp³-hybridized carbons (Fsp3) is 0.625. The summed E-state index contributed by atoms with van der Waals surface area (Å²) in [6.07, 6.45) is 4.65. The fourth-order valence-corrected chi connectivity index (χ4v) is 2.88. The molecule has 0 bridgehead atoms. The summed E-state index contributed by atoms with van der Waals surface area (Å²) in [6, 6.07) is 5.89. The normalized spacial score (nSPS) is 17.9. The zero-order valence-corrected chi connectivity index (χ0v) is 13.0. The molecule has 21 heavy (non-hydrogen) atoms. The Balaban J connectivity index is 2.19. The standard InChI is InChI=1S/C16H25N3O2/c1-3-4-8-18(12-14-6-5-7-17-14)15-9-13(2)10-16(11-15)19(20)21/h9-11,14,17H,3-8,12H2,1-2H3. The summed E-state index contributed by atoms with van der Waals surface area (Å²) in [5.41, 5.74) is 2.11. The van der Waals surface area contributed by atoms with Gasteiger partial charge in [-0.25, -0.2) is 0 Å². The molecule has 1 fully saturated rings. The van der Waals surface area contributed by atoms with Gasteiger partial charge < -0.3 is 10.2 Å². The van der Waals surface area contributed by atoms with Crippen molar-refractivity contribution in [2.75, 3.05) is 24.5 Å². The highest BCUT2D eigenvalue weighted by atomic mass is 16.6. The minimum atomic E-state index is -0.303. The van der Waals surface area contributed by atoms with E-state index in [4.69, 9.17) is 0 Å². The maximum Gasteiger partial charge on any atom is 0.271 e. The number of non-ortho nitro benzene ring substituents is 1. The van der Waals surface area contributed by atoms with Crippen molar-refractivity contribution in [1.82, 2.24) is 5.32 Å². The summed E-state index contributed by atoms with van der Waals surface area (Å²) < 4.78 is 0. The Kier molecular flexibility index (Phi) is 5.56. The van der Waals surface area contributed by atoms with Crippen LogP contribution in [0.25, 0.3) is 0 Å². The van der Waals surface area contributed by atoms with Gasteiger partial charge in [-0.2, -0.15) is 0 Å². The number of nitrogens with zero attached hydrogens (tertiary/aromatic N) is 2. The number of aryl methyl sites for hydroxylation is 1. The molecule has 1 unspecified atom stereocenters. The first kappa shape index (κ1) is 15.8. The minimum absolute atomic E-state index is 0.186. The lowest BCUT2D eigenvalue weighted by Crippen LogP contribution is -2.38. The van der Waals surface area contributed by atoms with E-state index < -0.39 is 0 Å². The molecule has 1 aromatic carbocycles. The number of nitro groups is 1. The van der Waals surface area contributed by atoms with E-state index in [1.54, 1.807) is 12.1 Å². The molecule has 0 radical (unpaired) electrons. The average Bonchev–Trinajstić information content (AvgIpc) is 2.95. The molecule has 0 amide bonds. The Morgan fingerprint density at radius 2 is 2.24 bits per heavy atom. The molecule has 5 nitrogen and oxygen atoms in total. The summed E-state index contributed by atoms with van der Waals surface area (Å²) in [5.74, 6) is 0. The first-order valence-electron chi connectivity index (χ1n) is 7.84. The lowest BCUT2D eigenvalue weighted by molar-refractivity contribution is -0.384. The summed E-state index contributed by atoms with van der Waals surface area (Å²) in [6.45, 7) is 7.06. The highest BCUT2D eigenvalue weighted by Gasteiger charge is 2.19. The molecule has 1 aliphatic rings. The molecule has 0 aromatic heterocycles. The van der Waals surface area contributed by atoms with E-state index in [1.165, 1.54) is 12.8 Å². The Morgan fingerprint density at radius 3 is 2.86 bits per heavy atom. The second-order valence-corrected chi connectivity index (χ2v) is 5.88. The van der Waals surface area contributed by atoms with E-state index in [2.05, 4.69) is 23.2 Å². The lowest BCUT2D eigenvalue weighted by Gasteiger charge is -2.28. The van der Waals surface area contributed by atoms with Crippen molar-refractivity contribution in [2.45, 2.75) is 45.6 Å². The van der Waals surface area contributed by atoms with E-state index in [0.717, 1.165) is 43.7 Å². The van der Waals surface area contributed by atoms with Gasteiger partial charge >= 0.3 is 0 Å². The van der Waals surface area contributed by atoms with E-state index in [1.807, 2.05) is 6.92 Å². The molecule has 2 rings (SSSR count). The Hall–Kier alpha value is -1.62. The molecule has 0 saturated carbocycles. The van der Waals surface area contributed by atoms with Crippen LogP contribution in [0.15, 0.2) is 18.2 Å². The van der Waals surface area contributed by atoms with Gasteiger partial charge in [0, 0.05) is 37.0 Å². The number of rotatable bonds is 7. The molecule has 1 aliphatic heterocycles. The van der Waals surface area contributed by atoms with Crippen molar-refractivity contribution in [3.05, 3.63) is 33.9 Å². The number of benzene rings is 1. The maximum atomic E-state index is 11.1. The molecule has 1 aromatic rings. The van der Waals surface area contributed by atoms with Crippen LogP contribution in [0.2, 0.25) is 0 Å². The van der Waals surface area contributed by atoms with Crippen LogP contribution < -0.4 is 10.2 Å². The molecule has 1 heterocycles. The van der Waals surface area contributed by atoms with Crippen molar-refractivity contribution >= 4 is 11.4 Å². The van der Waals surface area contributed by atoms with E-state index in [-0.39, 0.29) is 10.6 Å². The first-order valence-corrected chi connectivity index (χ1v) is 7.84. The molecular weight excluding hydrogens is 266 g/mol. The van der Waals surface area contributed by atoms with Crippen LogP contribution in [0.1, 0.15) is 38.2 Å². The predicted octanol–water partition coefficient (Wildman–Crippen LogP) is 3.26. The minimum Gasteiger partial charge on any atom is -0.370 e. The number of nitrogens with one attached hydrogen (secondary N) is 1. The SMILES string of the molecule is CCCCN(CC1CCCN1)c1cc(C)cc([N+](=O)[O-])c1. The van der Waals surface area contributed by atoms with Crippen LogP contribution in [-0.2, 0) is 0 Å². The third-order valence-electron chi connectivity index (χ3n) is 4.01. The van der Waals surface area contributed by atoms with Crippen molar-refractivity contribution in [2.24, 2.45) is 0 Å². The predicted molar refractivity (Wildman–Crippen MR) is 86.0 cm³/mol. The monoisotopic (exact) mass is 291 g/mol. The third-order valence-corrected chi connectivity index (χ3v) is 4.01. The maximum absolute atomic E-state index is 11.1. The topological polar surface area (TPSA) is 58.4 Å². The van der Waals surface area contributed by atoms with Gasteiger partial charge in [0.05, 0.1) is 4.92 Å². The van der Waals surface area contributed by atoms with Crippen molar-refractivity contribution in [1.29, 1.82) is 0 Å². The third kappa shape index (κ3) is 4.43. The molecule has 0 aliphatic carbocycles. The molecule has 5 heteroatoms. The summed E-state index contributed by atoms with van der Waals surface area (Å²) in [5, 5.41) is 14.6. The van der Waals surface area contributed by atoms with Crippen LogP contribution >= 0.6 is 0 Å². The first-order chi connectivity index (χ1) is 10.1. The van der Waals surface area contributed by atoms with Gasteiger partial charge in [0.25, 0.3) is 5.69 Å². The molecule has 116 valence electrons. The van der Waals surface area contributed by atoms with Gasteiger partial charge in [-0.3, -0.25) is 10.1 Å². The quantitative estimate of drug-likeness (QED) is 0.619. The Bertz CT molecular complexity index is 484. The molecule has 1 atom stereocenters. The van der Waals surface area contributed by atoms with Crippen LogP contribution in [0.3, 0.4) is 0 Å². The van der Waals surface area contributed by atoms with Crippen molar-refractivity contribution in [3.8, 4) is 0 Å². The van der Waals surface area contributed by atoms with E-state index in [9.17, 15) is 10.1 Å². The van der Waals surface area contributed by atoms with Crippen LogP contribution in [-0.4, -0.2) is 30.6 Å². The fourth-order valence-electron chi connectivity index (χ4n) is 2.88. The second kappa shape index (κ2) is 7.41. The smallest absolute Gasteiger partial charge is 0.271 e. The number of hydrogen-bond donors (Lipinski definition) is 1. The van der Waals surface area contributed by atoms with Gasteiger partial charge in [0.1, 0.15) is 0 Å². The number of anilines is 1. The second-order valence-electron chi connectivity index (χ2n) is 5.88. The van der Waals surface area contributed by atoms with Crippen molar-refractivity contribution in [3.63, 3.8) is 0 Å². The largest absolute Gasteiger partial charge is 0.370 e. The van der Waals surface area contributed by atoms with Gasteiger partial charge in [0.2, 0.25) is 0 Å². The van der Waals surface area contributed by atoms with E-state index in [0.29, 0.717) is 6.04 Å². The van der Waals surface area contributed by atoms with Crippen LogP contribution in [0.5, 0.6) is 0 Å². The highest BCUT2D eigenvalue weighted by molar-refractivity contribution is 5.55. The number of hydrogen-bond acceptors (Lipinski definition) is 4. The van der Waals surface area contributed by atoms with Gasteiger partial charge in [0.15, 0.2) is 0 Å². The molecular formula is C16H25N3O2. The van der Waals surface area contributed by atoms with Crippen LogP contribution in [0, 0.1) is 17.0 Å². The molecule has 1 N–H and O–H groups in total. The van der Waals surface area contributed by atoms with Gasteiger partial charge in [-0.1, -0.05) is 13.3 Å². The summed E-state index contributed by atoms with van der Waals surface area (Å²) in [7, 11) is 0. The Morgan fingerprint density at radius 1 is 1.43 bits per heavy atom. The van der Waals surface area contributed by atoms with E-state index >= 15 is 0 Å². The van der Waals surface area contributed by atoms with Crippen LogP contribution in [0.4, 0.5) is 11.4 Å². The average molecular weight is 291 g/mol.